The fourth-order valence-electron chi connectivity index (χ4n) is 2.70. The van der Waals surface area contributed by atoms with E-state index in [0.29, 0.717) is 29.5 Å². The van der Waals surface area contributed by atoms with E-state index in [0.717, 1.165) is 11.1 Å². The lowest BCUT2D eigenvalue weighted by molar-refractivity contribution is 0.414. The van der Waals surface area contributed by atoms with Crippen molar-refractivity contribution in [1.82, 2.24) is 14.9 Å². The third-order valence-corrected chi connectivity index (χ3v) is 5.77. The van der Waals surface area contributed by atoms with E-state index in [1.54, 1.807) is 19.1 Å². The second-order valence-corrected chi connectivity index (χ2v) is 7.83. The minimum atomic E-state index is -3.63. The maximum Gasteiger partial charge on any atom is 0.247 e. The summed E-state index contributed by atoms with van der Waals surface area (Å²) in [7, 11) is -2.10. The van der Waals surface area contributed by atoms with E-state index in [9.17, 15) is 8.42 Å². The van der Waals surface area contributed by atoms with Gasteiger partial charge in [0, 0.05) is 18.5 Å². The first kappa shape index (κ1) is 19.1. The molecule has 0 saturated heterocycles. The first-order valence-corrected chi connectivity index (χ1v) is 9.92. The molecule has 27 heavy (non-hydrogen) atoms. The Morgan fingerprint density at radius 1 is 1.07 bits per heavy atom. The molecule has 0 spiro atoms. The third kappa shape index (κ3) is 4.35. The van der Waals surface area contributed by atoms with Gasteiger partial charge in [0.05, 0.1) is 12.0 Å². The number of hydrogen-bond acceptors (Lipinski definition) is 6. The van der Waals surface area contributed by atoms with Crippen LogP contribution in [-0.2, 0) is 16.4 Å². The second-order valence-electron chi connectivity index (χ2n) is 6.10. The normalized spacial score (nSPS) is 11.5. The molecule has 7 nitrogen and oxygen atoms in total. The van der Waals surface area contributed by atoms with Gasteiger partial charge in [-0.1, -0.05) is 18.2 Å². The summed E-state index contributed by atoms with van der Waals surface area (Å²) in [6.45, 7) is 3.84. The average molecular weight is 387 g/mol. The van der Waals surface area contributed by atoms with Crippen molar-refractivity contribution in [2.75, 3.05) is 13.7 Å². The number of hydrogen-bond donors (Lipinski definition) is 1. The Balaban J connectivity index is 1.65. The standard InChI is InChI=1S/C19H21N3O4S/c1-13-6-4-5-7-16(13)19-22-21-18(26-19)10-11-20-27(23,24)17-9-8-15(25-3)12-14(17)2/h4-9,12,20H,10-11H2,1-3H3. The van der Waals surface area contributed by atoms with Crippen LogP contribution in [0.2, 0.25) is 0 Å². The van der Waals surface area contributed by atoms with Crippen molar-refractivity contribution in [3.8, 4) is 17.2 Å². The van der Waals surface area contributed by atoms with Crippen LogP contribution in [0.3, 0.4) is 0 Å². The highest BCUT2D eigenvalue weighted by Crippen LogP contribution is 2.22. The number of aryl methyl sites for hydroxylation is 2. The monoisotopic (exact) mass is 387 g/mol. The molecule has 3 aromatic rings. The number of aromatic nitrogens is 2. The number of rotatable bonds is 7. The maximum absolute atomic E-state index is 12.5. The highest BCUT2D eigenvalue weighted by molar-refractivity contribution is 7.89. The smallest absolute Gasteiger partial charge is 0.247 e. The summed E-state index contributed by atoms with van der Waals surface area (Å²) in [5, 5.41) is 8.04. The first-order valence-electron chi connectivity index (χ1n) is 8.43. The molecule has 8 heteroatoms. The zero-order valence-electron chi connectivity index (χ0n) is 15.4. The minimum absolute atomic E-state index is 0.156. The molecule has 0 aliphatic carbocycles. The average Bonchev–Trinajstić information content (AvgIpc) is 3.10. The van der Waals surface area contributed by atoms with Crippen LogP contribution >= 0.6 is 0 Å². The van der Waals surface area contributed by atoms with E-state index < -0.39 is 10.0 Å². The SMILES string of the molecule is COc1ccc(S(=O)(=O)NCCc2nnc(-c3ccccc3C)o2)c(C)c1. The van der Waals surface area contributed by atoms with Crippen molar-refractivity contribution < 1.29 is 17.6 Å². The lowest BCUT2D eigenvalue weighted by Crippen LogP contribution is -2.26. The van der Waals surface area contributed by atoms with Gasteiger partial charge < -0.3 is 9.15 Å². The van der Waals surface area contributed by atoms with Crippen LogP contribution in [-0.4, -0.2) is 32.3 Å². The first-order chi connectivity index (χ1) is 12.9. The lowest BCUT2D eigenvalue weighted by Gasteiger charge is -2.10. The van der Waals surface area contributed by atoms with Crippen LogP contribution < -0.4 is 9.46 Å². The zero-order chi connectivity index (χ0) is 19.4. The fraction of sp³-hybridized carbons (Fsp3) is 0.263. The molecular weight excluding hydrogens is 366 g/mol. The van der Waals surface area contributed by atoms with Gasteiger partial charge in [-0.3, -0.25) is 0 Å². The highest BCUT2D eigenvalue weighted by atomic mass is 32.2. The summed E-state index contributed by atoms with van der Waals surface area (Å²) in [6, 6.07) is 12.5. The van der Waals surface area contributed by atoms with E-state index in [4.69, 9.17) is 9.15 Å². The molecule has 142 valence electrons. The molecule has 3 rings (SSSR count). The predicted molar refractivity (Wildman–Crippen MR) is 101 cm³/mol. The lowest BCUT2D eigenvalue weighted by atomic mass is 10.1. The summed E-state index contributed by atoms with van der Waals surface area (Å²) in [5.41, 5.74) is 2.51. The van der Waals surface area contributed by atoms with Crippen molar-refractivity contribution in [3.05, 3.63) is 59.5 Å². The highest BCUT2D eigenvalue weighted by Gasteiger charge is 2.17. The number of ether oxygens (including phenoxy) is 1. The second kappa shape index (κ2) is 7.89. The van der Waals surface area contributed by atoms with E-state index >= 15 is 0 Å². The van der Waals surface area contributed by atoms with Gasteiger partial charge in [0.25, 0.3) is 0 Å². The van der Waals surface area contributed by atoms with Crippen LogP contribution in [0, 0.1) is 13.8 Å². The molecule has 0 amide bonds. The van der Waals surface area contributed by atoms with Gasteiger partial charge in [-0.2, -0.15) is 0 Å². The molecular formula is C19H21N3O4S. The molecule has 2 aromatic carbocycles. The Morgan fingerprint density at radius 3 is 2.56 bits per heavy atom. The molecule has 0 atom stereocenters. The maximum atomic E-state index is 12.5. The van der Waals surface area contributed by atoms with Gasteiger partial charge in [-0.15, -0.1) is 10.2 Å². The van der Waals surface area contributed by atoms with E-state index in [1.165, 1.54) is 13.2 Å². The quantitative estimate of drug-likeness (QED) is 0.670. The Morgan fingerprint density at radius 2 is 1.85 bits per heavy atom. The third-order valence-electron chi connectivity index (χ3n) is 4.14. The van der Waals surface area contributed by atoms with Crippen molar-refractivity contribution in [3.63, 3.8) is 0 Å². The molecule has 0 fully saturated rings. The number of methoxy groups -OCH3 is 1. The van der Waals surface area contributed by atoms with Crippen LogP contribution in [0.5, 0.6) is 5.75 Å². The summed E-state index contributed by atoms with van der Waals surface area (Å²) in [4.78, 5) is 0.217. The molecule has 0 unspecified atom stereocenters. The summed E-state index contributed by atoms with van der Waals surface area (Å²) < 4.78 is 38.3. The van der Waals surface area contributed by atoms with Crippen molar-refractivity contribution in [2.24, 2.45) is 0 Å². The van der Waals surface area contributed by atoms with E-state index in [2.05, 4.69) is 14.9 Å². The molecule has 1 heterocycles. The molecule has 0 radical (unpaired) electrons. The molecule has 0 saturated carbocycles. The van der Waals surface area contributed by atoms with Gasteiger partial charge in [0.2, 0.25) is 21.8 Å². The van der Waals surface area contributed by atoms with Gasteiger partial charge >= 0.3 is 0 Å². The molecule has 1 aromatic heterocycles. The Labute approximate surface area is 158 Å². The zero-order valence-corrected chi connectivity index (χ0v) is 16.2. The van der Waals surface area contributed by atoms with E-state index in [1.807, 2.05) is 31.2 Å². The summed E-state index contributed by atoms with van der Waals surface area (Å²) >= 11 is 0. The largest absolute Gasteiger partial charge is 0.497 e. The molecule has 0 bridgehead atoms. The molecule has 0 aliphatic heterocycles. The number of benzene rings is 2. The summed E-state index contributed by atoms with van der Waals surface area (Å²) in [5.74, 6) is 1.42. The Kier molecular flexibility index (Phi) is 5.57. The van der Waals surface area contributed by atoms with Crippen LogP contribution in [0.4, 0.5) is 0 Å². The van der Waals surface area contributed by atoms with Gasteiger partial charge in [0.1, 0.15) is 5.75 Å². The van der Waals surface area contributed by atoms with Crippen molar-refractivity contribution in [1.29, 1.82) is 0 Å². The number of nitrogens with one attached hydrogen (secondary N) is 1. The van der Waals surface area contributed by atoms with Gasteiger partial charge in [0.15, 0.2) is 0 Å². The van der Waals surface area contributed by atoms with Gasteiger partial charge in [-0.25, -0.2) is 13.1 Å². The molecule has 0 aliphatic rings. The Hall–Kier alpha value is -2.71. The van der Waals surface area contributed by atoms with Crippen molar-refractivity contribution in [2.45, 2.75) is 25.2 Å². The van der Waals surface area contributed by atoms with E-state index in [-0.39, 0.29) is 11.4 Å². The minimum Gasteiger partial charge on any atom is -0.497 e. The predicted octanol–water partition coefficient (Wildman–Crippen LogP) is 2.88. The van der Waals surface area contributed by atoms with Gasteiger partial charge in [-0.05, 0) is 49.2 Å². The fourth-order valence-corrected chi connectivity index (χ4v) is 3.95. The van der Waals surface area contributed by atoms with Crippen molar-refractivity contribution >= 4 is 10.0 Å². The number of nitrogens with zero attached hydrogens (tertiary/aromatic N) is 2. The Bertz CT molecular complexity index is 1040. The van der Waals surface area contributed by atoms with Crippen LogP contribution in [0.15, 0.2) is 51.8 Å². The summed E-state index contributed by atoms with van der Waals surface area (Å²) in [6.07, 6.45) is 0.299. The van der Waals surface area contributed by atoms with Crippen LogP contribution in [0.25, 0.3) is 11.5 Å². The molecule has 1 N–H and O–H groups in total. The topological polar surface area (TPSA) is 94.3 Å². The van der Waals surface area contributed by atoms with Crippen LogP contribution in [0.1, 0.15) is 17.0 Å². The number of sulfonamides is 1.